The molecule has 1 fully saturated rings. The zero-order valence-corrected chi connectivity index (χ0v) is 19.0. The van der Waals surface area contributed by atoms with E-state index >= 15 is 0 Å². The van der Waals surface area contributed by atoms with Gasteiger partial charge in [-0.25, -0.2) is 4.98 Å². The molecule has 1 aliphatic heterocycles. The third-order valence-corrected chi connectivity index (χ3v) is 6.43. The molecule has 0 aliphatic carbocycles. The molecule has 2 amide bonds. The van der Waals surface area contributed by atoms with Crippen molar-refractivity contribution in [1.82, 2.24) is 19.8 Å². The Morgan fingerprint density at radius 1 is 1.09 bits per heavy atom. The minimum absolute atomic E-state index is 0.000166. The number of nitrogens with one attached hydrogen (secondary N) is 1. The number of amides is 2. The number of aryl methyl sites for hydroxylation is 1. The number of imidazole rings is 1. The van der Waals surface area contributed by atoms with Crippen LogP contribution in [0.3, 0.4) is 0 Å². The summed E-state index contributed by atoms with van der Waals surface area (Å²) in [5, 5.41) is 3.01. The van der Waals surface area contributed by atoms with Gasteiger partial charge in [0.05, 0.1) is 17.5 Å². The van der Waals surface area contributed by atoms with E-state index in [9.17, 15) is 9.59 Å². The molecule has 3 aromatic rings. The molecule has 1 aromatic heterocycles. The van der Waals surface area contributed by atoms with Gasteiger partial charge in [-0.05, 0) is 56.4 Å². The van der Waals surface area contributed by atoms with Crippen LogP contribution in [0.4, 0.5) is 0 Å². The number of piperidine rings is 1. The molecule has 0 radical (unpaired) electrons. The van der Waals surface area contributed by atoms with Gasteiger partial charge in [-0.2, -0.15) is 0 Å². The van der Waals surface area contributed by atoms with Crippen molar-refractivity contribution in [2.75, 3.05) is 13.1 Å². The van der Waals surface area contributed by atoms with Gasteiger partial charge in [0, 0.05) is 25.6 Å². The second-order valence-corrected chi connectivity index (χ2v) is 8.74. The molecule has 0 spiro atoms. The number of rotatable bonds is 7. The van der Waals surface area contributed by atoms with Crippen molar-refractivity contribution < 1.29 is 9.59 Å². The summed E-state index contributed by atoms with van der Waals surface area (Å²) in [4.78, 5) is 32.3. The van der Waals surface area contributed by atoms with Crippen LogP contribution in [0.25, 0.3) is 11.0 Å². The number of aromatic nitrogens is 2. The number of hydrogen-bond donors (Lipinski definition) is 1. The minimum atomic E-state index is 0.000166. The van der Waals surface area contributed by atoms with Crippen LogP contribution in [-0.4, -0.2) is 45.4 Å². The fourth-order valence-electron chi connectivity index (χ4n) is 4.55. The van der Waals surface area contributed by atoms with Gasteiger partial charge < -0.3 is 14.8 Å². The number of benzene rings is 2. The molecule has 0 saturated carbocycles. The summed E-state index contributed by atoms with van der Waals surface area (Å²) >= 11 is 0. The number of nitrogens with zero attached hydrogens (tertiary/aromatic N) is 3. The summed E-state index contributed by atoms with van der Waals surface area (Å²) in [6.07, 6.45) is 4.27. The minimum Gasteiger partial charge on any atom is -0.355 e. The first-order valence-corrected chi connectivity index (χ1v) is 11.6. The van der Waals surface area contributed by atoms with Crippen LogP contribution >= 0.6 is 0 Å². The number of hydrogen-bond acceptors (Lipinski definition) is 3. The second-order valence-electron chi connectivity index (χ2n) is 8.74. The van der Waals surface area contributed by atoms with Gasteiger partial charge in [0.2, 0.25) is 11.8 Å². The van der Waals surface area contributed by atoms with E-state index in [0.29, 0.717) is 19.4 Å². The third kappa shape index (κ3) is 5.01. The smallest absolute Gasteiger partial charge is 0.242 e. The number of likely N-dealkylation sites (tertiary alicyclic amines) is 1. The highest BCUT2D eigenvalue weighted by Crippen LogP contribution is 2.20. The Bertz CT molecular complexity index is 1100. The number of para-hydroxylation sites is 2. The van der Waals surface area contributed by atoms with Crippen molar-refractivity contribution in [3.8, 4) is 0 Å². The molecule has 1 atom stereocenters. The first-order valence-electron chi connectivity index (χ1n) is 11.6. The van der Waals surface area contributed by atoms with E-state index in [-0.39, 0.29) is 24.4 Å². The maximum Gasteiger partial charge on any atom is 0.242 e. The van der Waals surface area contributed by atoms with Gasteiger partial charge >= 0.3 is 0 Å². The van der Waals surface area contributed by atoms with Crippen LogP contribution in [-0.2, 0) is 29.0 Å². The summed E-state index contributed by atoms with van der Waals surface area (Å²) in [5.74, 6) is 0.978. The fourth-order valence-corrected chi connectivity index (χ4v) is 4.55. The van der Waals surface area contributed by atoms with Gasteiger partial charge in [-0.1, -0.05) is 36.4 Å². The van der Waals surface area contributed by atoms with E-state index in [0.717, 1.165) is 47.4 Å². The van der Waals surface area contributed by atoms with E-state index < -0.39 is 0 Å². The molecule has 2 aromatic carbocycles. The standard InChI is InChI=1S/C26H32N4O2/c1-19-9-3-4-11-21(19)17-25(31)27-15-14-24-28-22-12-5-6-13-23(22)30(24)18-26(32)29-16-8-7-10-20(29)2/h3-6,9,11-13,20H,7-8,10,14-18H2,1-2H3,(H,27,31). The van der Waals surface area contributed by atoms with Crippen LogP contribution in [0.2, 0.25) is 0 Å². The van der Waals surface area contributed by atoms with Gasteiger partial charge in [0.1, 0.15) is 12.4 Å². The quantitative estimate of drug-likeness (QED) is 0.620. The average molecular weight is 433 g/mol. The van der Waals surface area contributed by atoms with E-state index in [2.05, 4.69) is 12.2 Å². The van der Waals surface area contributed by atoms with Gasteiger partial charge in [0.25, 0.3) is 0 Å². The maximum atomic E-state index is 13.1. The topological polar surface area (TPSA) is 67.2 Å². The normalized spacial score (nSPS) is 16.3. The third-order valence-electron chi connectivity index (χ3n) is 6.43. The Morgan fingerprint density at radius 3 is 2.69 bits per heavy atom. The van der Waals surface area contributed by atoms with Crippen molar-refractivity contribution in [3.63, 3.8) is 0 Å². The monoisotopic (exact) mass is 432 g/mol. The summed E-state index contributed by atoms with van der Waals surface area (Å²) < 4.78 is 2.02. The Balaban J connectivity index is 1.43. The van der Waals surface area contributed by atoms with Gasteiger partial charge in [-0.15, -0.1) is 0 Å². The second kappa shape index (κ2) is 9.98. The molecule has 2 heterocycles. The molecule has 4 rings (SSSR count). The molecule has 1 saturated heterocycles. The lowest BCUT2D eigenvalue weighted by Crippen LogP contribution is -2.43. The highest BCUT2D eigenvalue weighted by Gasteiger charge is 2.24. The van der Waals surface area contributed by atoms with E-state index in [1.54, 1.807) is 0 Å². The first-order chi connectivity index (χ1) is 15.5. The predicted octanol–water partition coefficient (Wildman–Crippen LogP) is 3.65. The van der Waals surface area contributed by atoms with Crippen LogP contribution in [0.15, 0.2) is 48.5 Å². The summed E-state index contributed by atoms with van der Waals surface area (Å²) in [6.45, 7) is 5.76. The molecular weight excluding hydrogens is 400 g/mol. The van der Waals surface area contributed by atoms with Crippen LogP contribution < -0.4 is 5.32 Å². The lowest BCUT2D eigenvalue weighted by atomic mass is 10.0. The number of carbonyl (C=O) groups excluding carboxylic acids is 2. The summed E-state index contributed by atoms with van der Waals surface area (Å²) in [6, 6.07) is 16.1. The van der Waals surface area contributed by atoms with E-state index in [1.165, 1.54) is 6.42 Å². The zero-order chi connectivity index (χ0) is 22.5. The van der Waals surface area contributed by atoms with Crippen molar-refractivity contribution in [2.24, 2.45) is 0 Å². The predicted molar refractivity (Wildman–Crippen MR) is 126 cm³/mol. The highest BCUT2D eigenvalue weighted by atomic mass is 16.2. The van der Waals surface area contributed by atoms with Crippen molar-refractivity contribution in [2.45, 2.75) is 58.5 Å². The molecule has 1 N–H and O–H groups in total. The van der Waals surface area contributed by atoms with Crippen LogP contribution in [0.5, 0.6) is 0 Å². The zero-order valence-electron chi connectivity index (χ0n) is 19.0. The number of carbonyl (C=O) groups is 2. The van der Waals surface area contributed by atoms with Crippen LogP contribution in [0.1, 0.15) is 43.1 Å². The largest absolute Gasteiger partial charge is 0.355 e. The Kier molecular flexibility index (Phi) is 6.88. The lowest BCUT2D eigenvalue weighted by Gasteiger charge is -2.33. The molecule has 1 unspecified atom stereocenters. The fraction of sp³-hybridized carbons (Fsp3) is 0.423. The van der Waals surface area contributed by atoms with Crippen LogP contribution in [0, 0.1) is 6.92 Å². The Labute approximate surface area is 189 Å². The molecule has 168 valence electrons. The van der Waals surface area contributed by atoms with Crippen molar-refractivity contribution in [3.05, 3.63) is 65.5 Å². The summed E-state index contributed by atoms with van der Waals surface area (Å²) in [7, 11) is 0. The SMILES string of the molecule is Cc1ccccc1CC(=O)NCCc1nc2ccccc2n1CC(=O)N1CCCCC1C. The van der Waals surface area contributed by atoms with E-state index in [1.807, 2.05) is 64.9 Å². The molecule has 0 bridgehead atoms. The highest BCUT2D eigenvalue weighted by molar-refractivity contribution is 5.81. The Hall–Kier alpha value is -3.15. The molecular formula is C26H32N4O2. The van der Waals surface area contributed by atoms with E-state index in [4.69, 9.17) is 4.98 Å². The lowest BCUT2D eigenvalue weighted by molar-refractivity contribution is -0.135. The van der Waals surface area contributed by atoms with Gasteiger partial charge in [0.15, 0.2) is 0 Å². The van der Waals surface area contributed by atoms with Crippen molar-refractivity contribution >= 4 is 22.8 Å². The van der Waals surface area contributed by atoms with Crippen molar-refractivity contribution in [1.29, 1.82) is 0 Å². The first kappa shape index (κ1) is 22.1. The Morgan fingerprint density at radius 2 is 1.88 bits per heavy atom. The van der Waals surface area contributed by atoms with Gasteiger partial charge in [-0.3, -0.25) is 9.59 Å². The molecule has 6 nitrogen and oxygen atoms in total. The number of fused-ring (bicyclic) bond motifs is 1. The molecule has 32 heavy (non-hydrogen) atoms. The maximum absolute atomic E-state index is 13.1. The molecule has 1 aliphatic rings. The molecule has 6 heteroatoms. The average Bonchev–Trinajstić information content (AvgIpc) is 3.13. The summed E-state index contributed by atoms with van der Waals surface area (Å²) in [5.41, 5.74) is 4.01.